The Bertz CT molecular complexity index is 614. The lowest BCUT2D eigenvalue weighted by atomic mass is 9.97. The molecule has 5 nitrogen and oxygen atoms in total. The van der Waals surface area contributed by atoms with Gasteiger partial charge in [-0.15, -0.1) is 0 Å². The van der Waals surface area contributed by atoms with Gasteiger partial charge in [0.15, 0.2) is 0 Å². The Morgan fingerprint density at radius 1 is 1.26 bits per heavy atom. The van der Waals surface area contributed by atoms with E-state index in [9.17, 15) is 22.8 Å². The SMILES string of the molecule is O=C(O)C1CCN(C(=O)Nc2ccc(Br)cc2C(F)(F)F)CC1. The molecule has 1 aromatic carbocycles. The summed E-state index contributed by atoms with van der Waals surface area (Å²) in [5, 5.41) is 11.2. The number of hydrogen-bond donors (Lipinski definition) is 2. The number of amides is 2. The molecule has 0 spiro atoms. The van der Waals surface area contributed by atoms with Crippen LogP contribution in [0.1, 0.15) is 18.4 Å². The van der Waals surface area contributed by atoms with Crippen LogP contribution in [0.15, 0.2) is 22.7 Å². The van der Waals surface area contributed by atoms with Crippen molar-refractivity contribution in [2.75, 3.05) is 18.4 Å². The number of carboxylic acid groups (broad SMARTS) is 1. The number of anilines is 1. The maximum atomic E-state index is 13.0. The molecule has 1 aliphatic rings. The highest BCUT2D eigenvalue weighted by Gasteiger charge is 2.35. The summed E-state index contributed by atoms with van der Waals surface area (Å²) in [5.74, 6) is -1.44. The number of rotatable bonds is 2. The lowest BCUT2D eigenvalue weighted by Crippen LogP contribution is -2.42. The van der Waals surface area contributed by atoms with E-state index in [0.717, 1.165) is 6.07 Å². The number of hydrogen-bond acceptors (Lipinski definition) is 2. The first kappa shape index (κ1) is 17.6. The Labute approximate surface area is 138 Å². The lowest BCUT2D eigenvalue weighted by Gasteiger charge is -2.30. The monoisotopic (exact) mass is 394 g/mol. The van der Waals surface area contributed by atoms with Crippen molar-refractivity contribution in [1.82, 2.24) is 4.90 Å². The van der Waals surface area contributed by atoms with E-state index >= 15 is 0 Å². The van der Waals surface area contributed by atoms with Crippen LogP contribution in [0.2, 0.25) is 0 Å². The fourth-order valence-corrected chi connectivity index (χ4v) is 2.74. The zero-order chi connectivity index (χ0) is 17.2. The third-order valence-corrected chi connectivity index (χ3v) is 4.15. The number of nitrogens with one attached hydrogen (secondary N) is 1. The summed E-state index contributed by atoms with van der Waals surface area (Å²) in [5.41, 5.74) is -1.27. The molecule has 23 heavy (non-hydrogen) atoms. The summed E-state index contributed by atoms with van der Waals surface area (Å²) in [6.45, 7) is 0.390. The number of alkyl halides is 3. The summed E-state index contributed by atoms with van der Waals surface area (Å²) in [7, 11) is 0. The number of carboxylic acids is 1. The van der Waals surface area contributed by atoms with E-state index in [0.29, 0.717) is 0 Å². The first-order valence-electron chi connectivity index (χ1n) is 6.84. The summed E-state index contributed by atoms with van der Waals surface area (Å²) in [6.07, 6.45) is -4.02. The van der Waals surface area contributed by atoms with Crippen LogP contribution in [0.4, 0.5) is 23.7 Å². The fourth-order valence-electron chi connectivity index (χ4n) is 2.38. The summed E-state index contributed by atoms with van der Waals surface area (Å²) >= 11 is 2.97. The number of urea groups is 1. The van der Waals surface area contributed by atoms with Crippen LogP contribution in [0, 0.1) is 5.92 Å². The molecular weight excluding hydrogens is 381 g/mol. The largest absolute Gasteiger partial charge is 0.481 e. The van der Waals surface area contributed by atoms with E-state index in [1.807, 2.05) is 0 Å². The molecule has 2 rings (SSSR count). The summed E-state index contributed by atoms with van der Waals surface area (Å²) < 4.78 is 39.3. The van der Waals surface area contributed by atoms with Crippen molar-refractivity contribution in [2.45, 2.75) is 19.0 Å². The molecule has 1 heterocycles. The van der Waals surface area contributed by atoms with Crippen molar-refractivity contribution in [2.24, 2.45) is 5.92 Å². The van der Waals surface area contributed by atoms with Crippen molar-refractivity contribution in [3.05, 3.63) is 28.2 Å². The zero-order valence-corrected chi connectivity index (χ0v) is 13.4. The van der Waals surface area contributed by atoms with Crippen molar-refractivity contribution in [1.29, 1.82) is 0 Å². The van der Waals surface area contributed by atoms with Crippen LogP contribution in [0.25, 0.3) is 0 Å². The Hall–Kier alpha value is -1.77. The minimum atomic E-state index is -4.59. The van der Waals surface area contributed by atoms with E-state index in [4.69, 9.17) is 5.11 Å². The van der Waals surface area contributed by atoms with Gasteiger partial charge in [-0.2, -0.15) is 13.2 Å². The molecule has 2 N–H and O–H groups in total. The van der Waals surface area contributed by atoms with Crippen LogP contribution in [-0.4, -0.2) is 35.1 Å². The van der Waals surface area contributed by atoms with Crippen LogP contribution in [-0.2, 0) is 11.0 Å². The second kappa shape index (κ2) is 6.77. The third kappa shape index (κ3) is 4.37. The average Bonchev–Trinajstić information content (AvgIpc) is 2.48. The first-order valence-corrected chi connectivity index (χ1v) is 7.63. The Kier molecular flexibility index (Phi) is 5.18. The molecule has 1 aliphatic heterocycles. The smallest absolute Gasteiger partial charge is 0.418 e. The fraction of sp³-hybridized carbons (Fsp3) is 0.429. The Morgan fingerprint density at radius 3 is 2.39 bits per heavy atom. The van der Waals surface area contributed by atoms with Crippen molar-refractivity contribution in [3.8, 4) is 0 Å². The highest BCUT2D eigenvalue weighted by Crippen LogP contribution is 2.36. The number of likely N-dealkylation sites (tertiary alicyclic amines) is 1. The molecule has 1 fully saturated rings. The van der Waals surface area contributed by atoms with E-state index in [1.165, 1.54) is 17.0 Å². The average molecular weight is 395 g/mol. The molecule has 9 heteroatoms. The van der Waals surface area contributed by atoms with Gasteiger partial charge in [-0.3, -0.25) is 4.79 Å². The lowest BCUT2D eigenvalue weighted by molar-refractivity contribution is -0.143. The molecule has 1 saturated heterocycles. The van der Waals surface area contributed by atoms with Crippen LogP contribution in [0.3, 0.4) is 0 Å². The van der Waals surface area contributed by atoms with Crippen molar-refractivity contribution < 1.29 is 27.9 Å². The summed E-state index contributed by atoms with van der Waals surface area (Å²) in [6, 6.07) is 2.81. The summed E-state index contributed by atoms with van der Waals surface area (Å²) in [4.78, 5) is 24.3. The molecule has 1 aromatic rings. The van der Waals surface area contributed by atoms with E-state index in [1.54, 1.807) is 0 Å². The molecule has 0 aliphatic carbocycles. The maximum Gasteiger partial charge on any atom is 0.418 e. The predicted octanol–water partition coefficient (Wildman–Crippen LogP) is 3.80. The molecule has 0 unspecified atom stereocenters. The quantitative estimate of drug-likeness (QED) is 0.801. The number of halogens is 4. The van der Waals surface area contributed by atoms with Gasteiger partial charge >= 0.3 is 18.2 Å². The number of carbonyl (C=O) groups is 2. The van der Waals surface area contributed by atoms with Gasteiger partial charge in [0.1, 0.15) is 0 Å². The van der Waals surface area contributed by atoms with Gasteiger partial charge in [-0.1, -0.05) is 15.9 Å². The topological polar surface area (TPSA) is 69.6 Å². The van der Waals surface area contributed by atoms with Gasteiger partial charge in [-0.25, -0.2) is 4.79 Å². The standard InChI is InChI=1S/C14H14BrF3N2O3/c15-9-1-2-11(10(7-9)14(16,17)18)19-13(23)20-5-3-8(4-6-20)12(21)22/h1-2,7-8H,3-6H2,(H,19,23)(H,21,22). The van der Waals surface area contributed by atoms with Crippen molar-refractivity contribution >= 4 is 33.6 Å². The van der Waals surface area contributed by atoms with Gasteiger partial charge in [0.2, 0.25) is 0 Å². The van der Waals surface area contributed by atoms with Gasteiger partial charge in [-0.05, 0) is 31.0 Å². The van der Waals surface area contributed by atoms with E-state index < -0.39 is 29.7 Å². The van der Waals surface area contributed by atoms with Gasteiger partial charge < -0.3 is 15.3 Å². The normalized spacial score (nSPS) is 16.3. The third-order valence-electron chi connectivity index (χ3n) is 3.66. The molecule has 126 valence electrons. The Balaban J connectivity index is 2.08. The van der Waals surface area contributed by atoms with Crippen LogP contribution in [0.5, 0.6) is 0 Å². The number of aliphatic carboxylic acids is 1. The number of carbonyl (C=O) groups excluding carboxylic acids is 1. The van der Waals surface area contributed by atoms with Crippen LogP contribution < -0.4 is 5.32 Å². The minimum Gasteiger partial charge on any atom is -0.481 e. The molecule has 0 saturated carbocycles. The predicted molar refractivity (Wildman–Crippen MR) is 80.1 cm³/mol. The van der Waals surface area contributed by atoms with Gasteiger partial charge in [0.05, 0.1) is 17.2 Å². The zero-order valence-electron chi connectivity index (χ0n) is 11.9. The molecule has 2 amide bonds. The van der Waals surface area contributed by atoms with E-state index in [-0.39, 0.29) is 36.1 Å². The Morgan fingerprint density at radius 2 is 1.87 bits per heavy atom. The highest BCUT2D eigenvalue weighted by molar-refractivity contribution is 9.10. The first-order chi connectivity index (χ1) is 10.7. The number of benzene rings is 1. The van der Waals surface area contributed by atoms with Crippen LogP contribution >= 0.6 is 15.9 Å². The molecule has 0 atom stereocenters. The molecule has 0 aromatic heterocycles. The van der Waals surface area contributed by atoms with Crippen molar-refractivity contribution in [3.63, 3.8) is 0 Å². The minimum absolute atomic E-state index is 0.195. The second-order valence-corrected chi connectivity index (χ2v) is 6.13. The number of nitrogens with zero attached hydrogens (tertiary/aromatic N) is 1. The molecule has 0 bridgehead atoms. The number of piperidine rings is 1. The van der Waals surface area contributed by atoms with Gasteiger partial charge in [0, 0.05) is 17.6 Å². The van der Waals surface area contributed by atoms with Gasteiger partial charge in [0.25, 0.3) is 0 Å². The highest BCUT2D eigenvalue weighted by atomic mass is 79.9. The molecular formula is C14H14BrF3N2O3. The second-order valence-electron chi connectivity index (χ2n) is 5.22. The molecule has 0 radical (unpaired) electrons. The van der Waals surface area contributed by atoms with E-state index in [2.05, 4.69) is 21.2 Å². The maximum absolute atomic E-state index is 13.0.